The summed E-state index contributed by atoms with van der Waals surface area (Å²) >= 11 is 0. The van der Waals surface area contributed by atoms with Gasteiger partial charge in [0.25, 0.3) is 5.91 Å². The van der Waals surface area contributed by atoms with Crippen molar-refractivity contribution < 1.29 is 14.3 Å². The molecular formula is C29H37N3O3. The Morgan fingerprint density at radius 3 is 2.51 bits per heavy atom. The minimum Gasteiger partial charge on any atom is -0.379 e. The van der Waals surface area contributed by atoms with Crippen molar-refractivity contribution in [3.8, 4) is 0 Å². The van der Waals surface area contributed by atoms with Gasteiger partial charge in [-0.3, -0.25) is 9.59 Å². The van der Waals surface area contributed by atoms with E-state index in [4.69, 9.17) is 4.74 Å². The Morgan fingerprint density at radius 2 is 1.77 bits per heavy atom. The summed E-state index contributed by atoms with van der Waals surface area (Å²) in [5.41, 5.74) is 3.79. The number of amides is 2. The van der Waals surface area contributed by atoms with Gasteiger partial charge in [0.05, 0.1) is 12.1 Å². The molecule has 3 unspecified atom stereocenters. The highest BCUT2D eigenvalue weighted by molar-refractivity contribution is 6.03. The summed E-state index contributed by atoms with van der Waals surface area (Å²) in [4.78, 5) is 29.3. The molecule has 3 atom stereocenters. The van der Waals surface area contributed by atoms with Gasteiger partial charge in [-0.15, -0.1) is 0 Å². The second-order valence-electron chi connectivity index (χ2n) is 9.81. The summed E-state index contributed by atoms with van der Waals surface area (Å²) in [7, 11) is 2.02. The van der Waals surface area contributed by atoms with Crippen LogP contribution in [0.4, 0.5) is 0 Å². The van der Waals surface area contributed by atoms with Gasteiger partial charge in [0.2, 0.25) is 5.91 Å². The molecule has 0 radical (unpaired) electrons. The SMILES string of the molecule is CCC(C)C(C(=O)NCCCOC(C)C)N1C(=O)c2ccccc2C1c1cn(C)c2ccccc12. The van der Waals surface area contributed by atoms with Crippen molar-refractivity contribution in [3.05, 3.63) is 71.4 Å². The summed E-state index contributed by atoms with van der Waals surface area (Å²) in [5.74, 6) is -0.185. The van der Waals surface area contributed by atoms with E-state index in [2.05, 4.69) is 42.1 Å². The minimum absolute atomic E-state index is 0.00217. The summed E-state index contributed by atoms with van der Waals surface area (Å²) in [6.45, 7) is 9.25. The van der Waals surface area contributed by atoms with Gasteiger partial charge < -0.3 is 19.5 Å². The molecule has 2 heterocycles. The molecular weight excluding hydrogens is 438 g/mol. The first kappa shape index (κ1) is 25.0. The molecule has 0 spiro atoms. The van der Waals surface area contributed by atoms with Crippen molar-refractivity contribution in [2.24, 2.45) is 13.0 Å². The van der Waals surface area contributed by atoms with Crippen LogP contribution in [0, 0.1) is 5.92 Å². The predicted molar refractivity (Wildman–Crippen MR) is 139 cm³/mol. The Morgan fingerprint density at radius 1 is 1.06 bits per heavy atom. The number of carbonyl (C=O) groups excluding carboxylic acids is 2. The van der Waals surface area contributed by atoms with Crippen molar-refractivity contribution in [1.82, 2.24) is 14.8 Å². The molecule has 6 heteroatoms. The van der Waals surface area contributed by atoms with Crippen LogP contribution in [0.2, 0.25) is 0 Å². The number of hydrogen-bond donors (Lipinski definition) is 1. The van der Waals surface area contributed by atoms with Gasteiger partial charge in [0.1, 0.15) is 6.04 Å². The van der Waals surface area contributed by atoms with Crippen molar-refractivity contribution in [1.29, 1.82) is 0 Å². The van der Waals surface area contributed by atoms with Crippen molar-refractivity contribution in [2.75, 3.05) is 13.2 Å². The summed E-state index contributed by atoms with van der Waals surface area (Å²) < 4.78 is 7.71. The Kier molecular flexibility index (Phi) is 7.60. The van der Waals surface area contributed by atoms with Crippen LogP contribution >= 0.6 is 0 Å². The van der Waals surface area contributed by atoms with Crippen LogP contribution in [0.25, 0.3) is 10.9 Å². The fourth-order valence-electron chi connectivity index (χ4n) is 5.12. The Bertz CT molecular complexity index is 1200. The lowest BCUT2D eigenvalue weighted by atomic mass is 9.92. The quantitative estimate of drug-likeness (QED) is 0.417. The number of rotatable bonds is 10. The number of aromatic nitrogens is 1. The van der Waals surface area contributed by atoms with E-state index in [0.29, 0.717) is 18.7 Å². The Balaban J connectivity index is 1.72. The van der Waals surface area contributed by atoms with Gasteiger partial charge in [-0.2, -0.15) is 0 Å². The maximum Gasteiger partial charge on any atom is 0.255 e. The van der Waals surface area contributed by atoms with E-state index in [0.717, 1.165) is 34.9 Å². The summed E-state index contributed by atoms with van der Waals surface area (Å²) in [6, 6.07) is 15.1. The number of nitrogens with zero attached hydrogens (tertiary/aromatic N) is 2. The average molecular weight is 476 g/mol. The molecule has 2 amide bonds. The first-order valence-electron chi connectivity index (χ1n) is 12.7. The van der Waals surface area contributed by atoms with E-state index in [-0.39, 0.29) is 29.9 Å². The number of ether oxygens (including phenoxy) is 1. The molecule has 4 rings (SSSR count). The number of fused-ring (bicyclic) bond motifs is 2. The lowest BCUT2D eigenvalue weighted by Crippen LogP contribution is -2.52. The largest absolute Gasteiger partial charge is 0.379 e. The van der Waals surface area contributed by atoms with E-state index in [1.807, 2.05) is 62.2 Å². The molecule has 6 nitrogen and oxygen atoms in total. The van der Waals surface area contributed by atoms with Gasteiger partial charge in [-0.1, -0.05) is 56.7 Å². The molecule has 0 bridgehead atoms. The molecule has 35 heavy (non-hydrogen) atoms. The van der Waals surface area contributed by atoms with E-state index in [9.17, 15) is 9.59 Å². The normalized spacial score (nSPS) is 17.1. The van der Waals surface area contributed by atoms with Crippen LogP contribution < -0.4 is 5.32 Å². The van der Waals surface area contributed by atoms with Crippen LogP contribution in [0.1, 0.15) is 68.1 Å². The number of aryl methyl sites for hydroxylation is 1. The van der Waals surface area contributed by atoms with Crippen LogP contribution in [-0.4, -0.2) is 46.6 Å². The molecule has 2 aromatic carbocycles. The van der Waals surface area contributed by atoms with E-state index >= 15 is 0 Å². The molecule has 1 aromatic heterocycles. The molecule has 1 N–H and O–H groups in total. The number of para-hydroxylation sites is 1. The smallest absolute Gasteiger partial charge is 0.255 e. The zero-order valence-electron chi connectivity index (χ0n) is 21.5. The molecule has 3 aromatic rings. The highest BCUT2D eigenvalue weighted by Crippen LogP contribution is 2.44. The second kappa shape index (κ2) is 10.6. The molecule has 1 aliphatic rings. The minimum atomic E-state index is -0.574. The van der Waals surface area contributed by atoms with E-state index in [1.165, 1.54) is 0 Å². The number of benzene rings is 2. The zero-order valence-corrected chi connectivity index (χ0v) is 21.5. The number of carbonyl (C=O) groups is 2. The van der Waals surface area contributed by atoms with Gasteiger partial charge in [-0.25, -0.2) is 0 Å². The fourth-order valence-corrected chi connectivity index (χ4v) is 5.12. The van der Waals surface area contributed by atoms with Crippen molar-refractivity contribution in [3.63, 3.8) is 0 Å². The third-order valence-corrected chi connectivity index (χ3v) is 7.04. The Hall–Kier alpha value is -3.12. The lowest BCUT2D eigenvalue weighted by molar-refractivity contribution is -0.127. The average Bonchev–Trinajstić information content (AvgIpc) is 3.33. The van der Waals surface area contributed by atoms with Crippen LogP contribution in [0.15, 0.2) is 54.7 Å². The third-order valence-electron chi connectivity index (χ3n) is 7.04. The summed E-state index contributed by atoms with van der Waals surface area (Å²) in [5, 5.41) is 4.19. The first-order chi connectivity index (χ1) is 16.8. The van der Waals surface area contributed by atoms with Gasteiger partial charge in [0.15, 0.2) is 0 Å². The van der Waals surface area contributed by atoms with Crippen molar-refractivity contribution >= 4 is 22.7 Å². The number of nitrogens with one attached hydrogen (secondary N) is 1. The van der Waals surface area contributed by atoms with Gasteiger partial charge >= 0.3 is 0 Å². The van der Waals surface area contributed by atoms with Crippen LogP contribution in [0.5, 0.6) is 0 Å². The highest BCUT2D eigenvalue weighted by Gasteiger charge is 2.46. The highest BCUT2D eigenvalue weighted by atomic mass is 16.5. The van der Waals surface area contributed by atoms with E-state index < -0.39 is 6.04 Å². The second-order valence-corrected chi connectivity index (χ2v) is 9.81. The molecule has 0 saturated heterocycles. The van der Waals surface area contributed by atoms with Gasteiger partial charge in [-0.05, 0) is 43.9 Å². The fraction of sp³-hybridized carbons (Fsp3) is 0.448. The zero-order chi connectivity index (χ0) is 25.1. The number of hydrogen-bond acceptors (Lipinski definition) is 3. The molecule has 186 valence electrons. The van der Waals surface area contributed by atoms with Gasteiger partial charge in [0, 0.05) is 48.4 Å². The molecule has 0 saturated carbocycles. The maximum absolute atomic E-state index is 13.9. The third kappa shape index (κ3) is 4.85. The van der Waals surface area contributed by atoms with E-state index in [1.54, 1.807) is 0 Å². The molecule has 0 fully saturated rings. The van der Waals surface area contributed by atoms with Crippen LogP contribution in [-0.2, 0) is 16.6 Å². The maximum atomic E-state index is 13.9. The summed E-state index contributed by atoms with van der Waals surface area (Å²) in [6.07, 6.45) is 3.79. The van der Waals surface area contributed by atoms with Crippen molar-refractivity contribution in [2.45, 2.75) is 58.7 Å². The predicted octanol–water partition coefficient (Wildman–Crippen LogP) is 5.07. The monoisotopic (exact) mass is 475 g/mol. The topological polar surface area (TPSA) is 63.6 Å². The lowest BCUT2D eigenvalue weighted by Gasteiger charge is -2.36. The molecule has 1 aliphatic heterocycles. The standard InChI is InChI=1S/C29H37N3O3/c1-6-20(4)26(28(33)30-16-11-17-35-19(2)3)32-27(22-13-7-8-14-23(22)29(32)34)24-18-31(5)25-15-10-9-12-21(24)25/h7-10,12-15,18-20,26-27H,6,11,16-17H2,1-5H3,(H,30,33). The van der Waals surface area contributed by atoms with Crippen LogP contribution in [0.3, 0.4) is 0 Å². The molecule has 0 aliphatic carbocycles. The first-order valence-corrected chi connectivity index (χ1v) is 12.7. The Labute approximate surface area is 208 Å².